The van der Waals surface area contributed by atoms with Crippen LogP contribution in [0.2, 0.25) is 0 Å². The Morgan fingerprint density at radius 1 is 0.276 bits per heavy atom. The number of phosphoric acid groups is 2. The number of hydrogen-bond acceptors (Lipinski definition) is 14. The van der Waals surface area contributed by atoms with Crippen molar-refractivity contribution in [3.8, 4) is 0 Å². The maximum atomic E-state index is 12.9. The summed E-state index contributed by atoms with van der Waals surface area (Å²) in [6, 6.07) is 0. The summed E-state index contributed by atoms with van der Waals surface area (Å²) in [7, 11) is -9.78. The molecule has 606 valence electrons. The molecule has 0 aromatic rings. The van der Waals surface area contributed by atoms with Crippen LogP contribution < -0.4 is 0 Å². The van der Waals surface area contributed by atoms with Gasteiger partial charge in [-0.25, -0.2) is 9.13 Å². The molecule has 0 rings (SSSR count). The smallest absolute Gasteiger partial charge is 0.463 e. The van der Waals surface area contributed by atoms with Gasteiger partial charge in [0.05, 0.1) is 26.4 Å². The van der Waals surface area contributed by atoms with Crippen LogP contribution in [0.25, 0.3) is 0 Å². The molecule has 0 saturated carbocycles. The van der Waals surface area contributed by atoms with E-state index in [2.05, 4.69) is 142 Å². The third kappa shape index (κ3) is 80.8. The highest BCUT2D eigenvalue weighted by molar-refractivity contribution is 7.47. The molecule has 0 fully saturated rings. The SMILES string of the molecule is CC/C=C\C/C=C\C/C=C\C/C=C\C/C=C\CCCCCCCCCCCCCCCCCCCCCC(=O)OCC(O)COP(=O)(O)OCC(O)COP(=O)(O)OCC(COC(=O)CCCCCCCCC/C=C\C/C=C\C/C=C\C/C=C\C/C=C\CC)OC(=O)CCCCCCCCCCCCC. The molecular formula is C87H152O16P2. The molecule has 0 spiro atoms. The van der Waals surface area contributed by atoms with E-state index < -0.39 is 91.5 Å². The summed E-state index contributed by atoms with van der Waals surface area (Å²) in [4.78, 5) is 58.6. The monoisotopic (exact) mass is 1520 g/mol. The van der Waals surface area contributed by atoms with E-state index in [1.807, 2.05) is 0 Å². The number of rotatable bonds is 79. The fraction of sp³-hybridized carbons (Fsp3) is 0.736. The maximum absolute atomic E-state index is 12.9. The number of phosphoric ester groups is 2. The van der Waals surface area contributed by atoms with E-state index in [9.17, 15) is 43.5 Å². The number of carbonyl (C=O) groups is 3. The van der Waals surface area contributed by atoms with Gasteiger partial charge in [-0.05, 0) is 109 Å². The number of carbonyl (C=O) groups excluding carboxylic acids is 3. The normalized spacial score (nSPS) is 14.5. The van der Waals surface area contributed by atoms with Crippen molar-refractivity contribution in [2.45, 2.75) is 373 Å². The highest BCUT2D eigenvalue weighted by atomic mass is 31.2. The molecule has 105 heavy (non-hydrogen) atoms. The average molecular weight is 1520 g/mol. The predicted molar refractivity (Wildman–Crippen MR) is 436 cm³/mol. The summed E-state index contributed by atoms with van der Waals surface area (Å²) >= 11 is 0. The summed E-state index contributed by atoms with van der Waals surface area (Å²) in [5.74, 6) is -1.57. The molecule has 0 radical (unpaired) electrons. The zero-order valence-electron chi connectivity index (χ0n) is 66.4. The van der Waals surface area contributed by atoms with Crippen LogP contribution in [0, 0.1) is 0 Å². The summed E-state index contributed by atoms with van der Waals surface area (Å²) in [5, 5.41) is 20.6. The summed E-state index contributed by atoms with van der Waals surface area (Å²) in [6.07, 6.45) is 95.6. The van der Waals surface area contributed by atoms with Gasteiger partial charge in [0.25, 0.3) is 0 Å². The Balaban J connectivity index is 4.33. The third-order valence-corrected chi connectivity index (χ3v) is 19.6. The van der Waals surface area contributed by atoms with Gasteiger partial charge in [0.2, 0.25) is 0 Å². The standard InChI is InChI=1S/C87H152O16P2/c1-4-7-10-13-16-19-22-24-26-28-30-32-34-35-36-37-38-39-40-41-42-43-44-45-47-49-50-52-54-56-59-61-64-67-70-73-85(90)97-76-82(88)77-99-104(93,94)100-78-83(89)79-101-105(95,96)102-81-84(103-87(92)75-72-69-66-63-58-21-18-15-12-9-6-3)80-98-86(91)74-71-68-65-62-60-57-55-53-51-48-46-33-31-29-27-25-23-20-17-14-11-8-5-2/h7-8,10-11,16-17,19-20,24-27,30-33,35-36,48,51,82-84,88-89H,4-6,9,12-15,18,21-23,28-29,34,37-47,49-50,52-81H2,1-3H3,(H,93,94)(H,95,96)/b10-7-,11-8-,19-16-,20-17-,26-24-,27-25-,32-30-,33-31-,36-35-,51-48-. The maximum Gasteiger partial charge on any atom is 0.472 e. The molecule has 0 amide bonds. The first kappa shape index (κ1) is 101. The molecular weight excluding hydrogens is 1360 g/mol. The van der Waals surface area contributed by atoms with E-state index in [0.29, 0.717) is 19.3 Å². The first-order valence-electron chi connectivity index (χ1n) is 41.8. The van der Waals surface area contributed by atoms with Gasteiger partial charge in [-0.1, -0.05) is 348 Å². The van der Waals surface area contributed by atoms with Crippen molar-refractivity contribution in [2.75, 3.05) is 39.6 Å². The van der Waals surface area contributed by atoms with E-state index in [1.165, 1.54) is 141 Å². The van der Waals surface area contributed by atoms with Crippen LogP contribution in [0.3, 0.4) is 0 Å². The van der Waals surface area contributed by atoms with Crippen molar-refractivity contribution >= 4 is 33.6 Å². The Labute approximate surface area is 640 Å². The van der Waals surface area contributed by atoms with Crippen LogP contribution in [0.15, 0.2) is 122 Å². The number of ether oxygens (including phenoxy) is 3. The van der Waals surface area contributed by atoms with E-state index in [0.717, 1.165) is 154 Å². The van der Waals surface area contributed by atoms with Gasteiger partial charge >= 0.3 is 33.6 Å². The van der Waals surface area contributed by atoms with Crippen molar-refractivity contribution in [1.82, 2.24) is 0 Å². The zero-order chi connectivity index (χ0) is 76.6. The largest absolute Gasteiger partial charge is 0.472 e. The van der Waals surface area contributed by atoms with Gasteiger partial charge < -0.3 is 34.2 Å². The molecule has 0 aromatic heterocycles. The van der Waals surface area contributed by atoms with Gasteiger partial charge in [-0.3, -0.25) is 32.5 Å². The fourth-order valence-corrected chi connectivity index (χ4v) is 13.0. The summed E-state index contributed by atoms with van der Waals surface area (Å²) < 4.78 is 61.1. The minimum Gasteiger partial charge on any atom is -0.463 e. The average Bonchev–Trinajstić information content (AvgIpc) is 0.918. The van der Waals surface area contributed by atoms with Crippen molar-refractivity contribution in [2.24, 2.45) is 0 Å². The molecule has 0 aliphatic heterocycles. The topological polar surface area (TPSA) is 231 Å². The van der Waals surface area contributed by atoms with Gasteiger partial charge in [-0.15, -0.1) is 0 Å². The van der Waals surface area contributed by atoms with E-state index in [4.69, 9.17) is 32.3 Å². The van der Waals surface area contributed by atoms with Crippen LogP contribution in [0.4, 0.5) is 0 Å². The van der Waals surface area contributed by atoms with Gasteiger partial charge in [-0.2, -0.15) is 0 Å². The van der Waals surface area contributed by atoms with Gasteiger partial charge in [0.1, 0.15) is 25.4 Å². The number of esters is 3. The molecule has 4 N–H and O–H groups in total. The Bertz CT molecular complexity index is 2390. The van der Waals surface area contributed by atoms with Gasteiger partial charge in [0, 0.05) is 19.3 Å². The van der Waals surface area contributed by atoms with Crippen LogP contribution in [-0.2, 0) is 55.8 Å². The summed E-state index contributed by atoms with van der Waals surface area (Å²) in [5.41, 5.74) is 0. The highest BCUT2D eigenvalue weighted by Gasteiger charge is 2.29. The first-order chi connectivity index (χ1) is 51.2. The molecule has 0 bridgehead atoms. The minimum absolute atomic E-state index is 0.104. The second-order valence-electron chi connectivity index (χ2n) is 27.9. The van der Waals surface area contributed by atoms with Crippen LogP contribution in [-0.4, -0.2) is 95.9 Å². The number of aliphatic hydroxyl groups excluding tert-OH is 2. The quantitative estimate of drug-likeness (QED) is 0.0146. The second-order valence-corrected chi connectivity index (χ2v) is 30.8. The zero-order valence-corrected chi connectivity index (χ0v) is 68.2. The Kier molecular flexibility index (Phi) is 76.4. The predicted octanol–water partition coefficient (Wildman–Crippen LogP) is 24.9. The molecule has 18 heteroatoms. The molecule has 5 atom stereocenters. The van der Waals surface area contributed by atoms with E-state index >= 15 is 0 Å². The molecule has 0 aromatic carbocycles. The van der Waals surface area contributed by atoms with Crippen molar-refractivity contribution in [3.05, 3.63) is 122 Å². The molecule has 0 aliphatic rings. The van der Waals surface area contributed by atoms with Crippen LogP contribution >= 0.6 is 15.6 Å². The minimum atomic E-state index is -4.93. The van der Waals surface area contributed by atoms with Gasteiger partial charge in [0.15, 0.2) is 6.10 Å². The molecule has 0 saturated heterocycles. The molecule has 5 unspecified atom stereocenters. The Morgan fingerprint density at radius 2 is 0.505 bits per heavy atom. The lowest BCUT2D eigenvalue weighted by Gasteiger charge is -2.21. The Morgan fingerprint density at radius 3 is 0.800 bits per heavy atom. The Hall–Kier alpha value is -4.05. The number of hydrogen-bond donors (Lipinski definition) is 4. The van der Waals surface area contributed by atoms with Crippen molar-refractivity contribution in [1.29, 1.82) is 0 Å². The van der Waals surface area contributed by atoms with Crippen LogP contribution in [0.1, 0.15) is 355 Å². The molecule has 0 heterocycles. The van der Waals surface area contributed by atoms with Crippen molar-refractivity contribution in [3.63, 3.8) is 0 Å². The third-order valence-electron chi connectivity index (χ3n) is 17.7. The highest BCUT2D eigenvalue weighted by Crippen LogP contribution is 2.45. The summed E-state index contributed by atoms with van der Waals surface area (Å²) in [6.45, 7) is 2.47. The van der Waals surface area contributed by atoms with E-state index in [1.54, 1.807) is 0 Å². The number of unbranched alkanes of at least 4 members (excludes halogenated alkanes) is 36. The number of allylic oxidation sites excluding steroid dienone is 20. The first-order valence-corrected chi connectivity index (χ1v) is 44.8. The van der Waals surface area contributed by atoms with E-state index in [-0.39, 0.29) is 19.3 Å². The lowest BCUT2D eigenvalue weighted by Crippen LogP contribution is -2.30. The fourth-order valence-electron chi connectivity index (χ4n) is 11.4. The molecule has 16 nitrogen and oxygen atoms in total. The van der Waals surface area contributed by atoms with Crippen LogP contribution in [0.5, 0.6) is 0 Å². The lowest BCUT2D eigenvalue weighted by atomic mass is 10.0. The lowest BCUT2D eigenvalue weighted by molar-refractivity contribution is -0.161. The van der Waals surface area contributed by atoms with Crippen molar-refractivity contribution < 1.29 is 75.8 Å². The molecule has 0 aliphatic carbocycles. The number of aliphatic hydroxyl groups is 2. The second kappa shape index (κ2) is 79.5.